The van der Waals surface area contributed by atoms with Crippen LogP contribution in [0.2, 0.25) is 5.02 Å². The van der Waals surface area contributed by atoms with Crippen molar-refractivity contribution in [1.29, 1.82) is 0 Å². The van der Waals surface area contributed by atoms with Crippen molar-refractivity contribution < 1.29 is 19.2 Å². The van der Waals surface area contributed by atoms with Gasteiger partial charge in [0.1, 0.15) is 17.3 Å². The number of hydrogen-bond donors (Lipinski definition) is 2. The third kappa shape index (κ3) is 4.38. The maximum absolute atomic E-state index is 12.1. The van der Waals surface area contributed by atoms with Crippen molar-refractivity contribution in [2.45, 2.75) is 0 Å². The Kier molecular flexibility index (Phi) is 5.76. The summed E-state index contributed by atoms with van der Waals surface area (Å²) in [6, 6.07) is 11.7. The van der Waals surface area contributed by atoms with E-state index in [0.717, 1.165) is 0 Å². The Labute approximate surface area is 171 Å². The summed E-state index contributed by atoms with van der Waals surface area (Å²) in [7, 11) is 0. The van der Waals surface area contributed by atoms with E-state index in [2.05, 4.69) is 26.5 Å². The van der Waals surface area contributed by atoms with Crippen molar-refractivity contribution >= 4 is 45.3 Å². The maximum Gasteiger partial charge on any atom is 0.281 e. The van der Waals surface area contributed by atoms with Crippen molar-refractivity contribution in [1.82, 2.24) is 5.43 Å². The molecule has 2 aromatic carbocycles. The van der Waals surface area contributed by atoms with E-state index in [4.69, 9.17) is 16.0 Å². The van der Waals surface area contributed by atoms with Crippen LogP contribution >= 0.6 is 27.5 Å². The van der Waals surface area contributed by atoms with Crippen LogP contribution in [0.15, 0.2) is 62.5 Å². The molecule has 1 aromatic heterocycles. The molecule has 0 spiro atoms. The van der Waals surface area contributed by atoms with Gasteiger partial charge in [-0.05, 0) is 42.5 Å². The van der Waals surface area contributed by atoms with Crippen LogP contribution in [0.5, 0.6) is 5.75 Å². The van der Waals surface area contributed by atoms with Crippen LogP contribution in [-0.4, -0.2) is 22.2 Å². The first-order valence-corrected chi connectivity index (χ1v) is 8.88. The number of hydrazone groups is 1. The molecule has 28 heavy (non-hydrogen) atoms. The van der Waals surface area contributed by atoms with Crippen LogP contribution in [0.25, 0.3) is 11.3 Å². The average Bonchev–Trinajstić information content (AvgIpc) is 3.12. The number of phenols is 1. The number of carbonyl (C=O) groups is 1. The van der Waals surface area contributed by atoms with Gasteiger partial charge in [-0.2, -0.15) is 5.10 Å². The molecule has 0 aliphatic carbocycles. The normalized spacial score (nSPS) is 10.9. The third-order valence-corrected chi connectivity index (χ3v) is 4.34. The molecule has 2 N–H and O–H groups in total. The number of halogens is 2. The molecule has 0 bridgehead atoms. The molecule has 0 aliphatic rings. The molecule has 0 aliphatic heterocycles. The Morgan fingerprint density at radius 1 is 1.25 bits per heavy atom. The van der Waals surface area contributed by atoms with Gasteiger partial charge in [-0.15, -0.1) is 0 Å². The summed E-state index contributed by atoms with van der Waals surface area (Å²) in [6.45, 7) is 0. The van der Waals surface area contributed by atoms with E-state index in [1.807, 2.05) is 0 Å². The van der Waals surface area contributed by atoms with E-state index >= 15 is 0 Å². The van der Waals surface area contributed by atoms with E-state index in [0.29, 0.717) is 4.47 Å². The molecule has 3 aromatic rings. The second kappa shape index (κ2) is 8.24. The number of carbonyl (C=O) groups excluding carboxylic acids is 1. The maximum atomic E-state index is 12.1. The average molecular weight is 465 g/mol. The van der Waals surface area contributed by atoms with E-state index in [1.165, 1.54) is 36.5 Å². The number of nitrogens with one attached hydrogen (secondary N) is 1. The van der Waals surface area contributed by atoms with Crippen LogP contribution in [0, 0.1) is 10.1 Å². The molecular weight excluding hydrogens is 454 g/mol. The minimum absolute atomic E-state index is 0.0449. The minimum Gasteiger partial charge on any atom is -0.507 e. The Bertz CT molecular complexity index is 1100. The molecule has 0 radical (unpaired) electrons. The van der Waals surface area contributed by atoms with Gasteiger partial charge >= 0.3 is 0 Å². The zero-order chi connectivity index (χ0) is 20.3. The van der Waals surface area contributed by atoms with Gasteiger partial charge in [-0.1, -0.05) is 27.5 Å². The SMILES string of the molecule is O=C(N/N=C/c1ccc(-c2ccc(Cl)cc2[N+](=O)[O-])o1)c1cc(Br)ccc1O. The highest BCUT2D eigenvalue weighted by molar-refractivity contribution is 9.10. The van der Waals surface area contributed by atoms with Gasteiger partial charge in [0.2, 0.25) is 0 Å². The predicted molar refractivity (Wildman–Crippen MR) is 107 cm³/mol. The van der Waals surface area contributed by atoms with Crippen molar-refractivity contribution in [2.24, 2.45) is 5.10 Å². The van der Waals surface area contributed by atoms with Crippen molar-refractivity contribution in [2.75, 3.05) is 0 Å². The molecular formula is C18H11BrClN3O5. The fourth-order valence-electron chi connectivity index (χ4n) is 2.34. The summed E-state index contributed by atoms with van der Waals surface area (Å²) in [5.74, 6) is -0.291. The number of aromatic hydroxyl groups is 1. The Hall–Kier alpha value is -3.17. The summed E-state index contributed by atoms with van der Waals surface area (Å²) < 4.78 is 6.15. The molecule has 3 rings (SSSR count). The molecule has 0 unspecified atom stereocenters. The largest absolute Gasteiger partial charge is 0.507 e. The fraction of sp³-hybridized carbons (Fsp3) is 0. The molecule has 1 amide bonds. The lowest BCUT2D eigenvalue weighted by Crippen LogP contribution is -2.17. The summed E-state index contributed by atoms with van der Waals surface area (Å²) in [5.41, 5.74) is 2.38. The molecule has 0 fully saturated rings. The third-order valence-electron chi connectivity index (χ3n) is 3.61. The van der Waals surface area contributed by atoms with Gasteiger partial charge in [-0.25, -0.2) is 5.43 Å². The summed E-state index contributed by atoms with van der Waals surface area (Å²) in [6.07, 6.45) is 1.23. The standard InChI is InChI=1S/C18H11BrClN3O5/c19-10-1-5-16(24)14(7-10)18(25)22-21-9-12-3-6-17(28-12)13-4-2-11(20)8-15(13)23(26)27/h1-9,24H,(H,22,25)/b21-9+. The number of amides is 1. The monoisotopic (exact) mass is 463 g/mol. The zero-order valence-corrected chi connectivity index (χ0v) is 16.3. The quantitative estimate of drug-likeness (QED) is 0.321. The molecule has 0 atom stereocenters. The Balaban J connectivity index is 1.76. The molecule has 0 saturated heterocycles. The van der Waals surface area contributed by atoms with Crippen molar-refractivity contribution in [3.8, 4) is 17.1 Å². The Morgan fingerprint density at radius 2 is 2.04 bits per heavy atom. The van der Waals surface area contributed by atoms with Gasteiger partial charge in [0.15, 0.2) is 0 Å². The summed E-state index contributed by atoms with van der Waals surface area (Å²) in [5, 5.41) is 24.9. The van der Waals surface area contributed by atoms with E-state index < -0.39 is 10.8 Å². The second-order valence-electron chi connectivity index (χ2n) is 5.48. The van der Waals surface area contributed by atoms with Crippen LogP contribution < -0.4 is 5.43 Å². The number of benzene rings is 2. The summed E-state index contributed by atoms with van der Waals surface area (Å²) >= 11 is 9.02. The van der Waals surface area contributed by atoms with E-state index in [-0.39, 0.29) is 39.1 Å². The number of nitrogens with zero attached hydrogens (tertiary/aromatic N) is 2. The van der Waals surface area contributed by atoms with Gasteiger partial charge in [0, 0.05) is 15.6 Å². The molecule has 10 heteroatoms. The molecule has 1 heterocycles. The van der Waals surface area contributed by atoms with Gasteiger partial charge in [0.25, 0.3) is 11.6 Å². The van der Waals surface area contributed by atoms with Crippen LogP contribution in [0.1, 0.15) is 16.1 Å². The lowest BCUT2D eigenvalue weighted by Gasteiger charge is -2.03. The van der Waals surface area contributed by atoms with E-state index in [9.17, 15) is 20.0 Å². The number of phenolic OH excluding ortho intramolecular Hbond substituents is 1. The molecule has 0 saturated carbocycles. The number of nitro groups is 1. The van der Waals surface area contributed by atoms with Crippen molar-refractivity contribution in [3.63, 3.8) is 0 Å². The van der Waals surface area contributed by atoms with Crippen LogP contribution in [-0.2, 0) is 0 Å². The molecule has 142 valence electrons. The highest BCUT2D eigenvalue weighted by Crippen LogP contribution is 2.33. The van der Waals surface area contributed by atoms with Gasteiger partial charge in [-0.3, -0.25) is 14.9 Å². The van der Waals surface area contributed by atoms with Gasteiger partial charge < -0.3 is 9.52 Å². The first kappa shape index (κ1) is 19.6. The first-order chi connectivity index (χ1) is 13.3. The molecule has 8 nitrogen and oxygen atoms in total. The summed E-state index contributed by atoms with van der Waals surface area (Å²) in [4.78, 5) is 22.7. The lowest BCUT2D eigenvalue weighted by atomic mass is 10.1. The minimum atomic E-state index is -0.616. The second-order valence-corrected chi connectivity index (χ2v) is 6.83. The number of nitro benzene ring substituents is 1. The number of rotatable bonds is 5. The predicted octanol–water partition coefficient (Wildman–Crippen LogP) is 4.74. The number of hydrogen-bond acceptors (Lipinski definition) is 6. The number of furan rings is 1. The first-order valence-electron chi connectivity index (χ1n) is 7.71. The lowest BCUT2D eigenvalue weighted by molar-refractivity contribution is -0.384. The zero-order valence-electron chi connectivity index (χ0n) is 13.9. The van der Waals surface area contributed by atoms with Crippen molar-refractivity contribution in [3.05, 3.63) is 79.5 Å². The van der Waals surface area contributed by atoms with Crippen LogP contribution in [0.3, 0.4) is 0 Å². The van der Waals surface area contributed by atoms with Crippen LogP contribution in [0.4, 0.5) is 5.69 Å². The Morgan fingerprint density at radius 3 is 2.79 bits per heavy atom. The topological polar surface area (TPSA) is 118 Å². The highest BCUT2D eigenvalue weighted by atomic mass is 79.9. The van der Waals surface area contributed by atoms with E-state index in [1.54, 1.807) is 18.2 Å². The highest BCUT2D eigenvalue weighted by Gasteiger charge is 2.18. The fourth-order valence-corrected chi connectivity index (χ4v) is 2.86. The smallest absolute Gasteiger partial charge is 0.281 e. The van der Waals surface area contributed by atoms with Gasteiger partial charge in [0.05, 0.1) is 22.3 Å².